The molecule has 1 saturated carbocycles. The number of ketones is 1. The fourth-order valence-corrected chi connectivity index (χ4v) is 2.15. The molecule has 0 spiro atoms. The van der Waals surface area contributed by atoms with Crippen LogP contribution >= 0.6 is 0 Å². The Morgan fingerprint density at radius 1 is 1.07 bits per heavy atom. The molecule has 88 valence electrons. The molecule has 0 amide bonds. The Morgan fingerprint density at radius 3 is 1.93 bits per heavy atom. The number of hydrogen-bond donors (Lipinski definition) is 0. The van der Waals surface area contributed by atoms with Crippen molar-refractivity contribution in [2.24, 2.45) is 16.7 Å². The number of carbonyl (C=O) groups is 1. The van der Waals surface area contributed by atoms with Gasteiger partial charge < -0.3 is 0 Å². The molecule has 0 aromatic heterocycles. The van der Waals surface area contributed by atoms with E-state index in [0.29, 0.717) is 11.7 Å². The lowest BCUT2D eigenvalue weighted by Crippen LogP contribution is -2.38. The minimum absolute atomic E-state index is 0.0721. The predicted molar refractivity (Wildman–Crippen MR) is 64.8 cm³/mol. The second kappa shape index (κ2) is 4.27. The molecule has 1 fully saturated rings. The first kappa shape index (κ1) is 12.7. The normalized spacial score (nSPS) is 19.5. The number of carbonyl (C=O) groups excluding carboxylic acids is 1. The van der Waals surface area contributed by atoms with Crippen molar-refractivity contribution >= 4 is 5.78 Å². The lowest BCUT2D eigenvalue weighted by molar-refractivity contribution is -0.133. The van der Waals surface area contributed by atoms with Crippen molar-refractivity contribution in [3.05, 3.63) is 0 Å². The third-order valence-corrected chi connectivity index (χ3v) is 4.52. The molecular weight excluding hydrogens is 184 g/mol. The molecule has 0 N–H and O–H groups in total. The maximum atomic E-state index is 12.3. The van der Waals surface area contributed by atoms with Gasteiger partial charge in [0.15, 0.2) is 0 Å². The lowest BCUT2D eigenvalue weighted by Gasteiger charge is -2.38. The fraction of sp³-hybridized carbons (Fsp3) is 0.929. The summed E-state index contributed by atoms with van der Waals surface area (Å²) in [5.74, 6) is 1.14. The first-order chi connectivity index (χ1) is 6.75. The van der Waals surface area contributed by atoms with Gasteiger partial charge in [0.2, 0.25) is 0 Å². The molecule has 1 aliphatic rings. The highest BCUT2D eigenvalue weighted by molar-refractivity contribution is 5.85. The maximum absolute atomic E-state index is 12.3. The van der Waals surface area contributed by atoms with Crippen LogP contribution in [0.3, 0.4) is 0 Å². The van der Waals surface area contributed by atoms with Crippen LogP contribution in [0.1, 0.15) is 66.7 Å². The van der Waals surface area contributed by atoms with Gasteiger partial charge in [-0.25, -0.2) is 0 Å². The number of Topliss-reactive ketones (excluding diaryl/α,β-unsaturated/α-hetero) is 1. The summed E-state index contributed by atoms with van der Waals surface area (Å²) >= 11 is 0. The minimum atomic E-state index is -0.185. The minimum Gasteiger partial charge on any atom is -0.299 e. The van der Waals surface area contributed by atoms with Gasteiger partial charge in [0.1, 0.15) is 5.78 Å². The zero-order chi connectivity index (χ0) is 11.7. The summed E-state index contributed by atoms with van der Waals surface area (Å²) in [7, 11) is 0. The van der Waals surface area contributed by atoms with Crippen LogP contribution in [-0.4, -0.2) is 5.78 Å². The van der Waals surface area contributed by atoms with Gasteiger partial charge in [-0.2, -0.15) is 0 Å². The van der Waals surface area contributed by atoms with Crippen LogP contribution in [0.5, 0.6) is 0 Å². The summed E-state index contributed by atoms with van der Waals surface area (Å²) in [6.45, 7) is 10.7. The molecule has 15 heavy (non-hydrogen) atoms. The van der Waals surface area contributed by atoms with E-state index in [0.717, 1.165) is 6.42 Å². The lowest BCUT2D eigenvalue weighted by atomic mass is 9.65. The molecule has 1 aliphatic carbocycles. The Morgan fingerprint density at radius 2 is 1.53 bits per heavy atom. The van der Waals surface area contributed by atoms with Crippen molar-refractivity contribution < 1.29 is 4.79 Å². The molecule has 0 saturated heterocycles. The molecule has 0 aliphatic heterocycles. The van der Waals surface area contributed by atoms with Gasteiger partial charge in [0, 0.05) is 11.8 Å². The third-order valence-electron chi connectivity index (χ3n) is 4.52. The van der Waals surface area contributed by atoms with Crippen LogP contribution in [-0.2, 0) is 4.79 Å². The molecule has 0 radical (unpaired) electrons. The van der Waals surface area contributed by atoms with Crippen molar-refractivity contribution in [1.29, 1.82) is 0 Å². The van der Waals surface area contributed by atoms with E-state index in [4.69, 9.17) is 0 Å². The molecule has 0 atom stereocenters. The zero-order valence-corrected chi connectivity index (χ0v) is 11.0. The van der Waals surface area contributed by atoms with Crippen molar-refractivity contribution in [1.82, 2.24) is 0 Å². The largest absolute Gasteiger partial charge is 0.299 e. The van der Waals surface area contributed by atoms with Crippen LogP contribution in [0.15, 0.2) is 0 Å². The van der Waals surface area contributed by atoms with Gasteiger partial charge in [-0.15, -0.1) is 0 Å². The fourth-order valence-electron chi connectivity index (χ4n) is 2.15. The van der Waals surface area contributed by atoms with E-state index in [1.807, 2.05) is 0 Å². The first-order valence-corrected chi connectivity index (χ1v) is 6.28. The van der Waals surface area contributed by atoms with Crippen LogP contribution in [0.2, 0.25) is 0 Å². The average molecular weight is 210 g/mol. The van der Waals surface area contributed by atoms with E-state index in [9.17, 15) is 4.79 Å². The Labute approximate surface area is 94.6 Å². The molecule has 0 unspecified atom stereocenters. The van der Waals surface area contributed by atoms with Crippen molar-refractivity contribution in [2.45, 2.75) is 66.7 Å². The molecule has 0 aromatic rings. The monoisotopic (exact) mass is 210 g/mol. The third kappa shape index (κ3) is 2.83. The molecule has 0 heterocycles. The highest BCUT2D eigenvalue weighted by Gasteiger charge is 2.39. The molecule has 0 aromatic carbocycles. The Balaban J connectivity index is 2.59. The second-order valence-electron chi connectivity index (χ2n) is 6.65. The highest BCUT2D eigenvalue weighted by atomic mass is 16.1. The van der Waals surface area contributed by atoms with Crippen LogP contribution in [0.25, 0.3) is 0 Å². The topological polar surface area (TPSA) is 17.1 Å². The summed E-state index contributed by atoms with van der Waals surface area (Å²) in [6.07, 6.45) is 6.00. The summed E-state index contributed by atoms with van der Waals surface area (Å²) in [5.41, 5.74) is -0.113. The Bertz CT molecular complexity index is 226. The smallest absolute Gasteiger partial charge is 0.139 e. The standard InChI is InChI=1S/C14H26O/c1-13(2,3)14(4,5)12(15)10-11-8-6-7-9-11/h11H,6-10H2,1-5H3. The SMILES string of the molecule is CC(C)(C)C(C)(C)C(=O)CC1CCCC1. The molecule has 1 heteroatoms. The molecule has 1 rings (SSSR count). The first-order valence-electron chi connectivity index (χ1n) is 6.28. The summed E-state index contributed by atoms with van der Waals surface area (Å²) in [5, 5.41) is 0. The van der Waals surface area contributed by atoms with Crippen LogP contribution < -0.4 is 0 Å². The molecule has 0 bridgehead atoms. The van der Waals surface area contributed by atoms with Crippen LogP contribution in [0.4, 0.5) is 0 Å². The van der Waals surface area contributed by atoms with E-state index in [-0.39, 0.29) is 10.8 Å². The quantitative estimate of drug-likeness (QED) is 0.682. The van der Waals surface area contributed by atoms with E-state index in [2.05, 4.69) is 34.6 Å². The van der Waals surface area contributed by atoms with E-state index in [1.54, 1.807) is 0 Å². The Hall–Kier alpha value is -0.330. The van der Waals surface area contributed by atoms with Crippen molar-refractivity contribution in [3.63, 3.8) is 0 Å². The van der Waals surface area contributed by atoms with Crippen molar-refractivity contribution in [3.8, 4) is 0 Å². The van der Waals surface area contributed by atoms with E-state index in [1.165, 1.54) is 25.7 Å². The number of hydrogen-bond acceptors (Lipinski definition) is 1. The van der Waals surface area contributed by atoms with Gasteiger partial charge >= 0.3 is 0 Å². The van der Waals surface area contributed by atoms with Gasteiger partial charge in [-0.3, -0.25) is 4.79 Å². The Kier molecular flexibility index (Phi) is 3.63. The zero-order valence-electron chi connectivity index (χ0n) is 11.0. The van der Waals surface area contributed by atoms with E-state index >= 15 is 0 Å². The van der Waals surface area contributed by atoms with Gasteiger partial charge in [-0.05, 0) is 11.3 Å². The second-order valence-corrected chi connectivity index (χ2v) is 6.65. The molecular formula is C14H26O. The average Bonchev–Trinajstić information content (AvgIpc) is 2.54. The predicted octanol–water partition coefficient (Wildman–Crippen LogP) is 4.21. The number of rotatable bonds is 3. The summed E-state index contributed by atoms with van der Waals surface area (Å²) in [4.78, 5) is 12.3. The molecule has 1 nitrogen and oxygen atoms in total. The maximum Gasteiger partial charge on any atom is 0.139 e. The van der Waals surface area contributed by atoms with Crippen LogP contribution in [0, 0.1) is 16.7 Å². The van der Waals surface area contributed by atoms with Gasteiger partial charge in [0.25, 0.3) is 0 Å². The van der Waals surface area contributed by atoms with Gasteiger partial charge in [0.05, 0.1) is 0 Å². The summed E-state index contributed by atoms with van der Waals surface area (Å²) < 4.78 is 0. The highest BCUT2D eigenvalue weighted by Crippen LogP contribution is 2.41. The van der Waals surface area contributed by atoms with E-state index < -0.39 is 0 Å². The summed E-state index contributed by atoms with van der Waals surface area (Å²) in [6, 6.07) is 0. The van der Waals surface area contributed by atoms with Crippen molar-refractivity contribution in [2.75, 3.05) is 0 Å². The van der Waals surface area contributed by atoms with Gasteiger partial charge in [-0.1, -0.05) is 60.3 Å².